The van der Waals surface area contributed by atoms with E-state index in [9.17, 15) is 18.0 Å². The number of ketones is 1. The van der Waals surface area contributed by atoms with Gasteiger partial charge in [-0.2, -0.15) is 13.2 Å². The van der Waals surface area contributed by atoms with Crippen LogP contribution in [-0.4, -0.2) is 34.2 Å². The Morgan fingerprint density at radius 1 is 1.35 bits per heavy atom. The van der Waals surface area contributed by atoms with Crippen LogP contribution in [-0.2, 0) is 6.18 Å². The number of halogens is 3. The number of carbonyl (C=O) groups is 1. The number of aromatic nitrogens is 2. The van der Waals surface area contributed by atoms with Crippen LogP contribution in [0.2, 0.25) is 0 Å². The van der Waals surface area contributed by atoms with Crippen molar-refractivity contribution in [1.82, 2.24) is 14.3 Å². The quantitative estimate of drug-likeness (QED) is 0.642. The van der Waals surface area contributed by atoms with Crippen LogP contribution in [0.25, 0.3) is 5.65 Å². The summed E-state index contributed by atoms with van der Waals surface area (Å²) in [6.07, 6.45) is 0.480. The number of hydrogen-bond donors (Lipinski definition) is 0. The Bertz CT molecular complexity index is 671. The van der Waals surface area contributed by atoms with Gasteiger partial charge in [0.2, 0.25) is 5.78 Å². The second-order valence-electron chi connectivity index (χ2n) is 4.43. The van der Waals surface area contributed by atoms with Crippen LogP contribution in [0, 0.1) is 0 Å². The zero-order chi connectivity index (χ0) is 14.9. The number of pyridine rings is 1. The molecule has 0 unspecified atom stereocenters. The number of imidazole rings is 1. The standard InChI is InChI=1S/C13H12F3N3O/c1-18(2)6-5-11(20)10-7-17-12-4-3-9(8-19(10)12)13(14,15)16/h3-8H,1-2H3/b6-5+. The highest BCUT2D eigenvalue weighted by molar-refractivity contribution is 6.03. The highest BCUT2D eigenvalue weighted by Gasteiger charge is 2.31. The topological polar surface area (TPSA) is 37.6 Å². The molecule has 0 atom stereocenters. The third-order valence-corrected chi connectivity index (χ3v) is 2.61. The average molecular weight is 283 g/mol. The lowest BCUT2D eigenvalue weighted by Crippen LogP contribution is -2.09. The summed E-state index contributed by atoms with van der Waals surface area (Å²) in [5.74, 6) is -0.412. The van der Waals surface area contributed by atoms with Gasteiger partial charge in [0.05, 0.1) is 11.8 Å². The fourth-order valence-electron chi connectivity index (χ4n) is 1.63. The molecule has 2 aromatic rings. The van der Waals surface area contributed by atoms with Crippen LogP contribution in [0.5, 0.6) is 0 Å². The number of nitrogens with zero attached hydrogens (tertiary/aromatic N) is 3. The zero-order valence-corrected chi connectivity index (χ0v) is 10.8. The second kappa shape index (κ2) is 4.99. The van der Waals surface area contributed by atoms with E-state index in [0.29, 0.717) is 5.65 Å². The van der Waals surface area contributed by atoms with Crippen molar-refractivity contribution in [3.05, 3.63) is 48.1 Å². The fourth-order valence-corrected chi connectivity index (χ4v) is 1.63. The summed E-state index contributed by atoms with van der Waals surface area (Å²) in [6.45, 7) is 0. The predicted octanol–water partition coefficient (Wildman–Crippen LogP) is 2.61. The van der Waals surface area contributed by atoms with Crippen molar-refractivity contribution in [2.24, 2.45) is 0 Å². The van der Waals surface area contributed by atoms with Crippen LogP contribution in [0.15, 0.2) is 36.8 Å². The number of alkyl halides is 3. The van der Waals surface area contributed by atoms with Gasteiger partial charge in [0, 0.05) is 32.6 Å². The SMILES string of the molecule is CN(C)/C=C/C(=O)c1cnc2ccc(C(F)(F)F)cn12. The molecule has 20 heavy (non-hydrogen) atoms. The molecule has 0 aromatic carbocycles. The largest absolute Gasteiger partial charge is 0.417 e. The van der Waals surface area contributed by atoms with E-state index in [0.717, 1.165) is 16.7 Å². The molecular weight excluding hydrogens is 271 g/mol. The van der Waals surface area contributed by atoms with Gasteiger partial charge in [-0.3, -0.25) is 9.20 Å². The van der Waals surface area contributed by atoms with E-state index in [-0.39, 0.29) is 5.69 Å². The van der Waals surface area contributed by atoms with Gasteiger partial charge in [0.1, 0.15) is 11.3 Å². The highest BCUT2D eigenvalue weighted by Crippen LogP contribution is 2.29. The van der Waals surface area contributed by atoms with Gasteiger partial charge >= 0.3 is 6.18 Å². The summed E-state index contributed by atoms with van der Waals surface area (Å²) >= 11 is 0. The first kappa shape index (κ1) is 14.1. The maximum absolute atomic E-state index is 12.7. The van der Waals surface area contributed by atoms with Crippen molar-refractivity contribution in [3.8, 4) is 0 Å². The third-order valence-electron chi connectivity index (χ3n) is 2.61. The molecule has 0 saturated heterocycles. The fraction of sp³-hybridized carbons (Fsp3) is 0.231. The lowest BCUT2D eigenvalue weighted by molar-refractivity contribution is -0.137. The zero-order valence-electron chi connectivity index (χ0n) is 10.8. The molecule has 7 heteroatoms. The number of allylic oxidation sites excluding steroid dienone is 1. The molecular formula is C13H12F3N3O. The van der Waals surface area contributed by atoms with E-state index < -0.39 is 17.5 Å². The Kier molecular flexibility index (Phi) is 3.52. The molecule has 2 rings (SSSR count). The maximum Gasteiger partial charge on any atom is 0.417 e. The van der Waals surface area contributed by atoms with Crippen molar-refractivity contribution in [3.63, 3.8) is 0 Å². The van der Waals surface area contributed by atoms with Crippen molar-refractivity contribution in [1.29, 1.82) is 0 Å². The van der Waals surface area contributed by atoms with Crippen LogP contribution < -0.4 is 0 Å². The minimum Gasteiger partial charge on any atom is -0.383 e. The molecule has 0 aliphatic carbocycles. The van der Waals surface area contributed by atoms with E-state index in [1.165, 1.54) is 24.5 Å². The third kappa shape index (κ3) is 2.81. The summed E-state index contributed by atoms with van der Waals surface area (Å²) in [6, 6.07) is 2.17. The highest BCUT2D eigenvalue weighted by atomic mass is 19.4. The average Bonchev–Trinajstić information content (AvgIpc) is 2.77. The maximum atomic E-state index is 12.7. The summed E-state index contributed by atoms with van der Waals surface area (Å²) in [7, 11) is 3.47. The molecule has 0 aliphatic rings. The van der Waals surface area contributed by atoms with Gasteiger partial charge in [-0.15, -0.1) is 0 Å². The molecule has 0 saturated carbocycles. The monoisotopic (exact) mass is 283 g/mol. The van der Waals surface area contributed by atoms with Crippen LogP contribution in [0.4, 0.5) is 13.2 Å². The van der Waals surface area contributed by atoms with E-state index >= 15 is 0 Å². The number of rotatable bonds is 3. The summed E-state index contributed by atoms with van der Waals surface area (Å²) in [5.41, 5.74) is -0.447. The van der Waals surface area contributed by atoms with Crippen molar-refractivity contribution >= 4 is 11.4 Å². The van der Waals surface area contributed by atoms with Crippen LogP contribution in [0.3, 0.4) is 0 Å². The van der Waals surface area contributed by atoms with Gasteiger partial charge in [0.15, 0.2) is 0 Å². The molecule has 0 fully saturated rings. The van der Waals surface area contributed by atoms with Crippen molar-refractivity contribution < 1.29 is 18.0 Å². The molecule has 2 heterocycles. The van der Waals surface area contributed by atoms with E-state index in [1.807, 2.05) is 0 Å². The van der Waals surface area contributed by atoms with Gasteiger partial charge in [-0.05, 0) is 12.1 Å². The van der Waals surface area contributed by atoms with Crippen molar-refractivity contribution in [2.75, 3.05) is 14.1 Å². The molecule has 2 aromatic heterocycles. The molecule has 0 aliphatic heterocycles. The summed E-state index contributed by atoms with van der Waals surface area (Å²) < 4.78 is 39.2. The Morgan fingerprint density at radius 3 is 2.65 bits per heavy atom. The molecule has 0 spiro atoms. The second-order valence-corrected chi connectivity index (χ2v) is 4.43. The Hall–Kier alpha value is -2.31. The predicted molar refractivity (Wildman–Crippen MR) is 67.4 cm³/mol. The Labute approximate surface area is 113 Å². The lowest BCUT2D eigenvalue weighted by atomic mass is 10.2. The van der Waals surface area contributed by atoms with E-state index in [1.54, 1.807) is 19.0 Å². The van der Waals surface area contributed by atoms with Gasteiger partial charge < -0.3 is 4.90 Å². The molecule has 0 N–H and O–H groups in total. The van der Waals surface area contributed by atoms with Gasteiger partial charge in [-0.25, -0.2) is 4.98 Å². The molecule has 0 radical (unpaired) electrons. The first-order valence-corrected chi connectivity index (χ1v) is 5.72. The Balaban J connectivity index is 2.47. The Morgan fingerprint density at radius 2 is 2.05 bits per heavy atom. The molecule has 106 valence electrons. The lowest BCUT2D eigenvalue weighted by Gasteiger charge is -2.07. The number of fused-ring (bicyclic) bond motifs is 1. The minimum absolute atomic E-state index is 0.0872. The van der Waals surface area contributed by atoms with Crippen LogP contribution in [0.1, 0.15) is 16.1 Å². The minimum atomic E-state index is -4.46. The first-order valence-electron chi connectivity index (χ1n) is 5.72. The molecule has 0 amide bonds. The summed E-state index contributed by atoms with van der Waals surface area (Å²) in [5, 5.41) is 0. The molecule has 4 nitrogen and oxygen atoms in total. The summed E-state index contributed by atoms with van der Waals surface area (Å²) in [4.78, 5) is 17.5. The van der Waals surface area contributed by atoms with Crippen molar-refractivity contribution in [2.45, 2.75) is 6.18 Å². The van der Waals surface area contributed by atoms with Gasteiger partial charge in [0.25, 0.3) is 0 Å². The van der Waals surface area contributed by atoms with E-state index in [2.05, 4.69) is 4.98 Å². The molecule has 0 bridgehead atoms. The van der Waals surface area contributed by atoms with Crippen LogP contribution >= 0.6 is 0 Å². The number of carbonyl (C=O) groups excluding carboxylic acids is 1. The normalized spacial score (nSPS) is 12.2. The smallest absolute Gasteiger partial charge is 0.383 e. The first-order chi connectivity index (χ1) is 9.29. The van der Waals surface area contributed by atoms with Gasteiger partial charge in [-0.1, -0.05) is 0 Å². The number of hydrogen-bond acceptors (Lipinski definition) is 3. The van der Waals surface area contributed by atoms with E-state index in [4.69, 9.17) is 0 Å².